The Kier molecular flexibility index (Phi) is 3.24. The van der Waals surface area contributed by atoms with E-state index in [1.165, 1.54) is 0 Å². The van der Waals surface area contributed by atoms with Gasteiger partial charge in [0.05, 0.1) is 5.69 Å². The molecule has 0 unspecified atom stereocenters. The molecule has 0 saturated heterocycles. The maximum Gasteiger partial charge on any atom is 0.275 e. The number of anilines is 1. The van der Waals surface area contributed by atoms with Gasteiger partial charge in [-0.3, -0.25) is 14.9 Å². The first kappa shape index (κ1) is 12.1. The van der Waals surface area contributed by atoms with Crippen molar-refractivity contribution in [3.05, 3.63) is 66.5 Å². The third-order valence-corrected chi connectivity index (χ3v) is 2.80. The highest BCUT2D eigenvalue weighted by Crippen LogP contribution is 2.19. The number of pyridine rings is 1. The molecule has 0 spiro atoms. The normalized spacial score (nSPS) is 10.2. The molecule has 0 fully saturated rings. The summed E-state index contributed by atoms with van der Waals surface area (Å²) < 4.78 is 0. The number of amides is 1. The van der Waals surface area contributed by atoms with Crippen LogP contribution in [0.4, 0.5) is 5.82 Å². The van der Waals surface area contributed by atoms with E-state index in [1.54, 1.807) is 30.5 Å². The van der Waals surface area contributed by atoms with E-state index in [0.29, 0.717) is 11.5 Å². The molecule has 5 heteroatoms. The Labute approximate surface area is 115 Å². The minimum Gasteiger partial charge on any atom is -0.304 e. The van der Waals surface area contributed by atoms with Gasteiger partial charge in [-0.05, 0) is 17.7 Å². The quantitative estimate of drug-likeness (QED) is 0.764. The molecule has 3 aromatic rings. The largest absolute Gasteiger partial charge is 0.304 e. The highest BCUT2D eigenvalue weighted by Gasteiger charge is 2.09. The molecule has 2 N–H and O–H groups in total. The molecule has 0 aliphatic heterocycles. The molecule has 0 aliphatic carbocycles. The fourth-order valence-corrected chi connectivity index (χ4v) is 1.83. The first-order valence-corrected chi connectivity index (χ1v) is 6.16. The van der Waals surface area contributed by atoms with Crippen molar-refractivity contribution in [2.24, 2.45) is 0 Å². The van der Waals surface area contributed by atoms with E-state index in [9.17, 15) is 4.79 Å². The summed E-state index contributed by atoms with van der Waals surface area (Å²) in [5.41, 5.74) is 2.22. The van der Waals surface area contributed by atoms with E-state index in [1.807, 2.05) is 30.3 Å². The van der Waals surface area contributed by atoms with Crippen LogP contribution < -0.4 is 5.32 Å². The Morgan fingerprint density at radius 1 is 1.05 bits per heavy atom. The summed E-state index contributed by atoms with van der Waals surface area (Å²) in [5.74, 6) is 0.191. The van der Waals surface area contributed by atoms with E-state index in [-0.39, 0.29) is 5.91 Å². The van der Waals surface area contributed by atoms with Crippen LogP contribution in [0.25, 0.3) is 11.3 Å². The van der Waals surface area contributed by atoms with Gasteiger partial charge >= 0.3 is 0 Å². The van der Waals surface area contributed by atoms with Crippen LogP contribution in [0.15, 0.2) is 60.8 Å². The lowest BCUT2D eigenvalue weighted by Gasteiger charge is -1.99. The van der Waals surface area contributed by atoms with Crippen LogP contribution in [0.2, 0.25) is 0 Å². The summed E-state index contributed by atoms with van der Waals surface area (Å²) in [6, 6.07) is 16.8. The Morgan fingerprint density at radius 3 is 2.60 bits per heavy atom. The molecule has 0 bridgehead atoms. The molecule has 2 heterocycles. The highest BCUT2D eigenvalue weighted by molar-refractivity contribution is 6.02. The van der Waals surface area contributed by atoms with Gasteiger partial charge in [0, 0.05) is 12.3 Å². The van der Waals surface area contributed by atoms with E-state index in [0.717, 1.165) is 11.3 Å². The predicted molar refractivity (Wildman–Crippen MR) is 76.2 cm³/mol. The lowest BCUT2D eigenvalue weighted by molar-refractivity contribution is 0.102. The molecule has 98 valence electrons. The van der Waals surface area contributed by atoms with Crippen molar-refractivity contribution in [3.8, 4) is 11.3 Å². The maximum atomic E-state index is 11.9. The molecule has 20 heavy (non-hydrogen) atoms. The lowest BCUT2D eigenvalue weighted by Crippen LogP contribution is -2.13. The highest BCUT2D eigenvalue weighted by atomic mass is 16.1. The van der Waals surface area contributed by atoms with E-state index < -0.39 is 0 Å². The summed E-state index contributed by atoms with van der Waals surface area (Å²) in [6.45, 7) is 0. The van der Waals surface area contributed by atoms with Gasteiger partial charge < -0.3 is 5.32 Å². The standard InChI is InChI=1S/C15H12N4O/c20-15(12-8-4-5-9-16-12)17-14-10-13(18-19-14)11-6-2-1-3-7-11/h1-10H,(H2,17,18,19,20). The molecular weight excluding hydrogens is 252 g/mol. The zero-order valence-electron chi connectivity index (χ0n) is 10.6. The van der Waals surface area contributed by atoms with Gasteiger partial charge in [0.15, 0.2) is 5.82 Å². The Hall–Kier alpha value is -2.95. The van der Waals surface area contributed by atoms with Crippen molar-refractivity contribution >= 4 is 11.7 Å². The van der Waals surface area contributed by atoms with Crippen molar-refractivity contribution in [1.29, 1.82) is 0 Å². The molecule has 1 aromatic carbocycles. The van der Waals surface area contributed by atoms with Crippen molar-refractivity contribution < 1.29 is 4.79 Å². The van der Waals surface area contributed by atoms with Crippen LogP contribution in [0.3, 0.4) is 0 Å². The van der Waals surface area contributed by atoms with Gasteiger partial charge in [-0.2, -0.15) is 5.10 Å². The molecule has 0 aliphatic rings. The monoisotopic (exact) mass is 264 g/mol. The second-order valence-corrected chi connectivity index (χ2v) is 4.20. The SMILES string of the molecule is O=C(Nc1cc(-c2ccccc2)[nH]n1)c1ccccn1. The van der Waals surface area contributed by atoms with E-state index in [2.05, 4.69) is 20.5 Å². The van der Waals surface area contributed by atoms with Gasteiger partial charge in [0.25, 0.3) is 5.91 Å². The number of aromatic amines is 1. The Balaban J connectivity index is 1.77. The van der Waals surface area contributed by atoms with Crippen LogP contribution >= 0.6 is 0 Å². The van der Waals surface area contributed by atoms with Crippen molar-refractivity contribution in [2.75, 3.05) is 5.32 Å². The van der Waals surface area contributed by atoms with Gasteiger partial charge in [-0.25, -0.2) is 0 Å². The van der Waals surface area contributed by atoms with Crippen LogP contribution in [-0.2, 0) is 0 Å². The molecule has 0 saturated carbocycles. The fourth-order valence-electron chi connectivity index (χ4n) is 1.83. The number of H-pyrrole nitrogens is 1. The first-order valence-electron chi connectivity index (χ1n) is 6.16. The molecule has 5 nitrogen and oxygen atoms in total. The Morgan fingerprint density at radius 2 is 1.85 bits per heavy atom. The third-order valence-electron chi connectivity index (χ3n) is 2.80. The molecule has 0 radical (unpaired) electrons. The number of benzene rings is 1. The second-order valence-electron chi connectivity index (χ2n) is 4.20. The second kappa shape index (κ2) is 5.36. The minimum absolute atomic E-state index is 0.281. The number of carbonyl (C=O) groups excluding carboxylic acids is 1. The van der Waals surface area contributed by atoms with Gasteiger partial charge in [0.1, 0.15) is 5.69 Å². The number of nitrogens with one attached hydrogen (secondary N) is 2. The fraction of sp³-hybridized carbons (Fsp3) is 0. The smallest absolute Gasteiger partial charge is 0.275 e. The molecule has 1 amide bonds. The van der Waals surface area contributed by atoms with Gasteiger partial charge in [-0.15, -0.1) is 0 Å². The van der Waals surface area contributed by atoms with E-state index in [4.69, 9.17) is 0 Å². The molecule has 2 aromatic heterocycles. The van der Waals surface area contributed by atoms with Crippen LogP contribution in [0.5, 0.6) is 0 Å². The van der Waals surface area contributed by atoms with Crippen molar-refractivity contribution in [1.82, 2.24) is 15.2 Å². The number of hydrogen-bond acceptors (Lipinski definition) is 3. The average Bonchev–Trinajstić information content (AvgIpc) is 2.97. The van der Waals surface area contributed by atoms with Gasteiger partial charge in [0.2, 0.25) is 0 Å². The van der Waals surface area contributed by atoms with Crippen LogP contribution in [0, 0.1) is 0 Å². The van der Waals surface area contributed by atoms with Crippen LogP contribution in [0.1, 0.15) is 10.5 Å². The molecule has 0 atom stereocenters. The summed E-state index contributed by atoms with van der Waals surface area (Å²) in [4.78, 5) is 15.9. The van der Waals surface area contributed by atoms with Crippen molar-refractivity contribution in [2.45, 2.75) is 0 Å². The topological polar surface area (TPSA) is 70.7 Å². The van der Waals surface area contributed by atoms with E-state index >= 15 is 0 Å². The van der Waals surface area contributed by atoms with Gasteiger partial charge in [-0.1, -0.05) is 36.4 Å². The zero-order chi connectivity index (χ0) is 13.8. The minimum atomic E-state index is -0.281. The number of carbonyl (C=O) groups is 1. The third kappa shape index (κ3) is 2.56. The summed E-state index contributed by atoms with van der Waals surface area (Å²) in [6.07, 6.45) is 1.58. The number of nitrogens with zero attached hydrogens (tertiary/aromatic N) is 2. The van der Waals surface area contributed by atoms with Crippen molar-refractivity contribution in [3.63, 3.8) is 0 Å². The summed E-state index contributed by atoms with van der Waals surface area (Å²) in [7, 11) is 0. The Bertz CT molecular complexity index is 707. The predicted octanol–water partition coefficient (Wildman–Crippen LogP) is 2.72. The zero-order valence-corrected chi connectivity index (χ0v) is 10.6. The number of rotatable bonds is 3. The first-order chi connectivity index (χ1) is 9.83. The van der Waals surface area contributed by atoms with Crippen LogP contribution in [-0.4, -0.2) is 21.1 Å². The molecular formula is C15H12N4O. The number of aromatic nitrogens is 3. The number of hydrogen-bond donors (Lipinski definition) is 2. The lowest BCUT2D eigenvalue weighted by atomic mass is 10.1. The molecule has 3 rings (SSSR count). The average molecular weight is 264 g/mol. The summed E-state index contributed by atoms with van der Waals surface area (Å²) >= 11 is 0. The summed E-state index contributed by atoms with van der Waals surface area (Å²) in [5, 5.41) is 9.67. The maximum absolute atomic E-state index is 11.9.